The van der Waals surface area contributed by atoms with E-state index in [1.807, 2.05) is 25.5 Å². The number of hydrazine groups is 1. The van der Waals surface area contributed by atoms with Crippen molar-refractivity contribution in [2.75, 3.05) is 30.8 Å². The Morgan fingerprint density at radius 3 is 2.39 bits per heavy atom. The molecule has 3 heterocycles. The van der Waals surface area contributed by atoms with Gasteiger partial charge in [0, 0.05) is 39.1 Å². The first-order chi connectivity index (χ1) is 13.6. The average Bonchev–Trinajstić information content (AvgIpc) is 3.10. The van der Waals surface area contributed by atoms with Gasteiger partial charge in [-0.15, -0.1) is 0 Å². The minimum absolute atomic E-state index is 0.0727. The van der Waals surface area contributed by atoms with Crippen molar-refractivity contribution in [3.8, 4) is 0 Å². The third-order valence-corrected chi connectivity index (χ3v) is 5.75. The largest absolute Gasteiger partial charge is 0.359 e. The molecule has 0 spiro atoms. The van der Waals surface area contributed by atoms with Crippen molar-refractivity contribution >= 4 is 11.4 Å². The van der Waals surface area contributed by atoms with Crippen LogP contribution in [0, 0.1) is 13.8 Å². The molecule has 6 heteroatoms. The maximum absolute atomic E-state index is 4.23. The molecule has 4 rings (SSSR count). The van der Waals surface area contributed by atoms with E-state index in [4.69, 9.17) is 0 Å². The maximum Gasteiger partial charge on any atom is 0.139 e. The first kappa shape index (κ1) is 18.8. The Hall–Kier alpha value is -2.57. The van der Waals surface area contributed by atoms with Crippen LogP contribution in [-0.2, 0) is 6.54 Å². The summed E-state index contributed by atoms with van der Waals surface area (Å²) in [6.45, 7) is 7.43. The van der Waals surface area contributed by atoms with E-state index in [1.165, 1.54) is 39.3 Å². The third-order valence-electron chi connectivity index (χ3n) is 5.75. The Labute approximate surface area is 167 Å². The number of benzene rings is 1. The van der Waals surface area contributed by atoms with Crippen LogP contribution in [0.5, 0.6) is 0 Å². The Balaban J connectivity index is 1.45. The molecule has 2 aromatic rings. The number of nitrogens with one attached hydrogen (secondary N) is 4. The van der Waals surface area contributed by atoms with E-state index in [2.05, 4.69) is 63.4 Å². The fourth-order valence-corrected chi connectivity index (χ4v) is 4.05. The summed E-state index contributed by atoms with van der Waals surface area (Å²) in [4.78, 5) is 6.74. The van der Waals surface area contributed by atoms with Crippen molar-refractivity contribution < 1.29 is 0 Å². The van der Waals surface area contributed by atoms with E-state index in [0.29, 0.717) is 0 Å². The smallest absolute Gasteiger partial charge is 0.139 e. The molecule has 0 bridgehead atoms. The van der Waals surface area contributed by atoms with Crippen molar-refractivity contribution in [3.05, 3.63) is 64.6 Å². The van der Waals surface area contributed by atoms with Crippen LogP contribution >= 0.6 is 0 Å². The quantitative estimate of drug-likeness (QED) is 0.600. The van der Waals surface area contributed by atoms with E-state index in [1.54, 1.807) is 0 Å². The van der Waals surface area contributed by atoms with Crippen LogP contribution in [0.2, 0.25) is 0 Å². The number of nitrogens with zero attached hydrogens (tertiary/aromatic N) is 2. The van der Waals surface area contributed by atoms with Gasteiger partial charge in [-0.1, -0.05) is 6.07 Å². The molecule has 1 aromatic carbocycles. The van der Waals surface area contributed by atoms with Crippen molar-refractivity contribution in [2.24, 2.45) is 0 Å². The molecule has 0 atom stereocenters. The van der Waals surface area contributed by atoms with Gasteiger partial charge in [-0.25, -0.2) is 5.43 Å². The summed E-state index contributed by atoms with van der Waals surface area (Å²) < 4.78 is 0. The van der Waals surface area contributed by atoms with Crippen LogP contribution in [0.3, 0.4) is 0 Å². The molecular weight excluding hydrogens is 348 g/mol. The van der Waals surface area contributed by atoms with Gasteiger partial charge in [0.05, 0.1) is 17.1 Å². The van der Waals surface area contributed by atoms with Crippen molar-refractivity contribution in [3.63, 3.8) is 0 Å². The number of anilines is 2. The number of pyridine rings is 1. The minimum Gasteiger partial charge on any atom is -0.359 e. The molecule has 1 saturated heterocycles. The molecule has 0 unspecified atom stereocenters. The number of rotatable bonds is 5. The van der Waals surface area contributed by atoms with Gasteiger partial charge < -0.3 is 16.1 Å². The molecular formula is C22H30N6. The lowest BCUT2D eigenvalue weighted by atomic mass is 10.00. The highest BCUT2D eigenvalue weighted by Gasteiger charge is 2.27. The number of fused-ring (bicyclic) bond motifs is 1. The average molecular weight is 379 g/mol. The van der Waals surface area contributed by atoms with Crippen LogP contribution in [-0.4, -0.2) is 36.2 Å². The van der Waals surface area contributed by atoms with Crippen molar-refractivity contribution in [1.82, 2.24) is 20.7 Å². The lowest BCUT2D eigenvalue weighted by molar-refractivity contribution is 0.246. The van der Waals surface area contributed by atoms with E-state index >= 15 is 0 Å². The maximum atomic E-state index is 4.23. The molecule has 1 fully saturated rings. The zero-order valence-corrected chi connectivity index (χ0v) is 17.0. The molecule has 0 aliphatic carbocycles. The highest BCUT2D eigenvalue weighted by Crippen LogP contribution is 2.34. The first-order valence-corrected chi connectivity index (χ1v) is 10.0. The Morgan fingerprint density at radius 2 is 1.82 bits per heavy atom. The number of aromatic nitrogens is 1. The summed E-state index contributed by atoms with van der Waals surface area (Å²) in [6, 6.07) is 8.63. The van der Waals surface area contributed by atoms with Gasteiger partial charge in [0.15, 0.2) is 0 Å². The minimum atomic E-state index is 0.0727. The lowest BCUT2D eigenvalue weighted by Gasteiger charge is -2.31. The number of piperidine rings is 1. The fraction of sp³-hybridized carbons (Fsp3) is 0.409. The van der Waals surface area contributed by atoms with Gasteiger partial charge in [-0.05, 0) is 67.2 Å². The van der Waals surface area contributed by atoms with Crippen LogP contribution in [0.1, 0.15) is 29.5 Å². The molecule has 148 valence electrons. The molecule has 2 aliphatic rings. The summed E-state index contributed by atoms with van der Waals surface area (Å²) in [5, 5.41) is 7.28. The Morgan fingerprint density at radius 1 is 1.14 bits per heavy atom. The predicted octanol–water partition coefficient (Wildman–Crippen LogP) is 3.14. The highest BCUT2D eigenvalue weighted by molar-refractivity contribution is 5.77. The molecule has 0 amide bonds. The van der Waals surface area contributed by atoms with E-state index < -0.39 is 0 Å². The molecule has 6 nitrogen and oxygen atoms in total. The van der Waals surface area contributed by atoms with Gasteiger partial charge in [-0.2, -0.15) is 0 Å². The number of hydrogen-bond donors (Lipinski definition) is 4. The van der Waals surface area contributed by atoms with E-state index in [-0.39, 0.29) is 6.17 Å². The van der Waals surface area contributed by atoms with Crippen molar-refractivity contribution in [1.29, 1.82) is 0 Å². The van der Waals surface area contributed by atoms with E-state index in [0.717, 1.165) is 32.5 Å². The van der Waals surface area contributed by atoms with Crippen LogP contribution in [0.4, 0.5) is 11.4 Å². The second kappa shape index (κ2) is 8.20. The number of likely N-dealkylation sites (tertiary alicyclic amines) is 1. The Kier molecular flexibility index (Phi) is 5.50. The second-order valence-electron chi connectivity index (χ2n) is 7.73. The molecule has 0 saturated carbocycles. The monoisotopic (exact) mass is 378 g/mol. The SMILES string of the molecule is CNNC(=C1CCN(Cc2cccnc2)CC1)C1Nc2cc(C)c(C)cc2N1. The summed E-state index contributed by atoms with van der Waals surface area (Å²) in [6.07, 6.45) is 6.01. The summed E-state index contributed by atoms with van der Waals surface area (Å²) in [5.74, 6) is 0. The van der Waals surface area contributed by atoms with Gasteiger partial charge >= 0.3 is 0 Å². The lowest BCUT2D eigenvalue weighted by Crippen LogP contribution is -2.41. The zero-order chi connectivity index (χ0) is 19.5. The third kappa shape index (κ3) is 3.98. The summed E-state index contributed by atoms with van der Waals surface area (Å²) in [7, 11) is 1.93. The second-order valence-corrected chi connectivity index (χ2v) is 7.73. The zero-order valence-electron chi connectivity index (χ0n) is 17.0. The topological polar surface area (TPSA) is 64.2 Å². The van der Waals surface area contributed by atoms with Crippen LogP contribution in [0.25, 0.3) is 0 Å². The van der Waals surface area contributed by atoms with E-state index in [9.17, 15) is 0 Å². The van der Waals surface area contributed by atoms with Gasteiger partial charge in [0.25, 0.3) is 0 Å². The van der Waals surface area contributed by atoms with Gasteiger partial charge in [0.1, 0.15) is 6.17 Å². The standard InChI is InChI=1S/C22H30N6/c1-15-11-19-20(12-16(15)2)26-22(25-19)21(27-23-3)18-6-9-28(10-7-18)14-17-5-4-8-24-13-17/h4-5,8,11-13,22-23,25-27H,6-7,9-10,14H2,1-3H3. The van der Waals surface area contributed by atoms with Crippen LogP contribution < -0.4 is 21.5 Å². The van der Waals surface area contributed by atoms with Crippen molar-refractivity contribution in [2.45, 2.75) is 39.4 Å². The normalized spacial score (nSPS) is 17.0. The summed E-state index contributed by atoms with van der Waals surface area (Å²) >= 11 is 0. The molecule has 1 aromatic heterocycles. The molecule has 2 aliphatic heterocycles. The summed E-state index contributed by atoms with van der Waals surface area (Å²) in [5.41, 5.74) is 15.5. The Bertz CT molecular complexity index is 820. The predicted molar refractivity (Wildman–Crippen MR) is 115 cm³/mol. The van der Waals surface area contributed by atoms with Gasteiger partial charge in [-0.3, -0.25) is 9.88 Å². The number of hydrogen-bond acceptors (Lipinski definition) is 6. The van der Waals surface area contributed by atoms with Crippen LogP contribution in [0.15, 0.2) is 47.9 Å². The molecule has 0 radical (unpaired) electrons. The first-order valence-electron chi connectivity index (χ1n) is 10.0. The molecule has 4 N–H and O–H groups in total. The fourth-order valence-electron chi connectivity index (χ4n) is 4.05. The molecule has 28 heavy (non-hydrogen) atoms. The number of aryl methyl sites for hydroxylation is 2. The highest BCUT2D eigenvalue weighted by atomic mass is 15.4. The van der Waals surface area contributed by atoms with Gasteiger partial charge in [0.2, 0.25) is 0 Å².